The van der Waals surface area contributed by atoms with Crippen molar-refractivity contribution in [1.29, 1.82) is 0 Å². The first-order valence-corrected chi connectivity index (χ1v) is 10.9. The highest BCUT2D eigenvalue weighted by atomic mass is 16.6. The number of nitrogens with zero attached hydrogens (tertiary/aromatic N) is 1. The first-order chi connectivity index (χ1) is 15.4. The second-order valence-corrected chi connectivity index (χ2v) is 8.72. The van der Waals surface area contributed by atoms with E-state index in [1.54, 1.807) is 6.07 Å². The van der Waals surface area contributed by atoms with Crippen molar-refractivity contribution in [1.82, 2.24) is 4.90 Å². The number of hydrogen-bond acceptors (Lipinski definition) is 6. The Kier molecular flexibility index (Phi) is 5.07. The van der Waals surface area contributed by atoms with Crippen LogP contribution in [0.15, 0.2) is 30.3 Å². The smallest absolute Gasteiger partial charge is 0.411 e. The SMILES string of the molecule is Cc1cc2c(c(OC(C)C)c1)C(=O)N1C[C@@H](Oc3ccc4c(c3)NC(=O)OC4)C[C@@H]1CO2. The molecule has 2 aromatic carbocycles. The van der Waals surface area contributed by atoms with Crippen molar-refractivity contribution >= 4 is 17.7 Å². The molecule has 8 heteroatoms. The number of anilines is 1. The van der Waals surface area contributed by atoms with Crippen molar-refractivity contribution in [2.24, 2.45) is 0 Å². The van der Waals surface area contributed by atoms with Crippen molar-refractivity contribution in [3.63, 3.8) is 0 Å². The van der Waals surface area contributed by atoms with E-state index in [1.165, 1.54) is 0 Å². The van der Waals surface area contributed by atoms with Gasteiger partial charge in [-0.05, 0) is 50.6 Å². The molecule has 0 aromatic heterocycles. The van der Waals surface area contributed by atoms with Gasteiger partial charge < -0.3 is 23.8 Å². The molecule has 3 heterocycles. The van der Waals surface area contributed by atoms with E-state index >= 15 is 0 Å². The van der Waals surface area contributed by atoms with Gasteiger partial charge in [-0.25, -0.2) is 4.79 Å². The average molecular weight is 438 g/mol. The van der Waals surface area contributed by atoms with E-state index in [-0.39, 0.29) is 30.8 Å². The average Bonchev–Trinajstić information content (AvgIpc) is 3.08. The Labute approximate surface area is 186 Å². The molecule has 0 spiro atoms. The zero-order valence-electron chi connectivity index (χ0n) is 18.3. The highest BCUT2D eigenvalue weighted by molar-refractivity contribution is 6.00. The largest absolute Gasteiger partial charge is 0.490 e. The second-order valence-electron chi connectivity index (χ2n) is 8.72. The fourth-order valence-corrected chi connectivity index (χ4v) is 4.44. The van der Waals surface area contributed by atoms with E-state index < -0.39 is 6.09 Å². The summed E-state index contributed by atoms with van der Waals surface area (Å²) in [7, 11) is 0. The topological polar surface area (TPSA) is 86.3 Å². The van der Waals surface area contributed by atoms with Gasteiger partial charge in [0.15, 0.2) is 0 Å². The summed E-state index contributed by atoms with van der Waals surface area (Å²) in [6.07, 6.45) is -0.0501. The van der Waals surface area contributed by atoms with E-state index in [1.807, 2.05) is 49.9 Å². The Morgan fingerprint density at radius 1 is 1.16 bits per heavy atom. The van der Waals surface area contributed by atoms with Crippen molar-refractivity contribution in [2.75, 3.05) is 18.5 Å². The maximum absolute atomic E-state index is 13.5. The summed E-state index contributed by atoms with van der Waals surface area (Å²) < 4.78 is 23.2. The summed E-state index contributed by atoms with van der Waals surface area (Å²) in [4.78, 5) is 26.8. The third-order valence-corrected chi connectivity index (χ3v) is 5.83. The molecule has 2 atom stereocenters. The minimum atomic E-state index is -0.472. The van der Waals surface area contributed by atoms with Crippen molar-refractivity contribution in [3.8, 4) is 17.2 Å². The number of amides is 2. The number of aryl methyl sites for hydroxylation is 1. The van der Waals surface area contributed by atoms with Crippen LogP contribution in [-0.2, 0) is 11.3 Å². The molecule has 2 aromatic rings. The molecule has 2 amide bonds. The molecule has 8 nitrogen and oxygen atoms in total. The lowest BCUT2D eigenvalue weighted by atomic mass is 10.1. The summed E-state index contributed by atoms with van der Waals surface area (Å²) in [6.45, 7) is 6.93. The van der Waals surface area contributed by atoms with E-state index in [4.69, 9.17) is 18.9 Å². The van der Waals surface area contributed by atoms with Crippen molar-refractivity contribution in [2.45, 2.75) is 52.0 Å². The number of carbonyl (C=O) groups excluding carboxylic acids is 2. The Balaban J connectivity index is 1.36. The quantitative estimate of drug-likeness (QED) is 0.779. The minimum Gasteiger partial charge on any atom is -0.490 e. The first kappa shape index (κ1) is 20.5. The highest BCUT2D eigenvalue weighted by Gasteiger charge is 2.41. The molecule has 0 saturated carbocycles. The molecular weight excluding hydrogens is 412 g/mol. The molecule has 3 aliphatic rings. The number of cyclic esters (lactones) is 1. The summed E-state index contributed by atoms with van der Waals surface area (Å²) in [5, 5.41) is 2.69. The number of benzene rings is 2. The number of ether oxygens (including phenoxy) is 4. The summed E-state index contributed by atoms with van der Waals surface area (Å²) in [5.74, 6) is 1.67. The molecule has 168 valence electrons. The lowest BCUT2D eigenvalue weighted by Crippen LogP contribution is -2.37. The highest BCUT2D eigenvalue weighted by Crippen LogP contribution is 2.38. The summed E-state index contributed by atoms with van der Waals surface area (Å²) in [6, 6.07) is 9.22. The molecule has 1 N–H and O–H groups in total. The summed E-state index contributed by atoms with van der Waals surface area (Å²) >= 11 is 0. The van der Waals surface area contributed by atoms with Gasteiger partial charge in [-0.2, -0.15) is 0 Å². The predicted molar refractivity (Wildman–Crippen MR) is 117 cm³/mol. The second kappa shape index (κ2) is 7.93. The lowest BCUT2D eigenvalue weighted by Gasteiger charge is -2.22. The molecule has 0 bridgehead atoms. The third-order valence-electron chi connectivity index (χ3n) is 5.83. The minimum absolute atomic E-state index is 0.0580. The van der Waals surface area contributed by atoms with Gasteiger partial charge in [0.1, 0.15) is 42.1 Å². The van der Waals surface area contributed by atoms with Gasteiger partial charge in [0.25, 0.3) is 5.91 Å². The number of rotatable bonds is 4. The molecule has 1 fully saturated rings. The Morgan fingerprint density at radius 3 is 2.81 bits per heavy atom. The van der Waals surface area contributed by atoms with Crippen LogP contribution in [0, 0.1) is 6.92 Å². The van der Waals surface area contributed by atoms with Gasteiger partial charge >= 0.3 is 6.09 Å². The zero-order chi connectivity index (χ0) is 22.4. The fourth-order valence-electron chi connectivity index (χ4n) is 4.44. The van der Waals surface area contributed by atoms with E-state index in [0.717, 1.165) is 11.1 Å². The van der Waals surface area contributed by atoms with Gasteiger partial charge in [0, 0.05) is 18.1 Å². The van der Waals surface area contributed by atoms with Gasteiger partial charge in [-0.1, -0.05) is 0 Å². The van der Waals surface area contributed by atoms with Crippen LogP contribution >= 0.6 is 0 Å². The number of nitrogens with one attached hydrogen (secondary N) is 1. The Hall–Kier alpha value is -3.42. The normalized spacial score (nSPS) is 21.6. The van der Waals surface area contributed by atoms with Crippen molar-refractivity contribution < 1.29 is 28.5 Å². The molecule has 0 radical (unpaired) electrons. The monoisotopic (exact) mass is 438 g/mol. The van der Waals surface area contributed by atoms with Gasteiger partial charge in [-0.3, -0.25) is 10.1 Å². The molecule has 1 saturated heterocycles. The molecule has 5 rings (SSSR count). The van der Waals surface area contributed by atoms with Crippen LogP contribution in [0.4, 0.5) is 10.5 Å². The van der Waals surface area contributed by atoms with Crippen molar-refractivity contribution in [3.05, 3.63) is 47.0 Å². The number of hydrogen-bond donors (Lipinski definition) is 1. The van der Waals surface area contributed by atoms with Crippen LogP contribution < -0.4 is 19.5 Å². The fraction of sp³-hybridized carbons (Fsp3) is 0.417. The van der Waals surface area contributed by atoms with Crippen LogP contribution in [0.25, 0.3) is 0 Å². The predicted octanol–water partition coefficient (Wildman–Crippen LogP) is 3.90. The van der Waals surface area contributed by atoms with Crippen LogP contribution in [0.3, 0.4) is 0 Å². The van der Waals surface area contributed by atoms with Crippen LogP contribution in [0.1, 0.15) is 41.8 Å². The molecular formula is C24H26N2O6. The van der Waals surface area contributed by atoms with E-state index in [0.29, 0.717) is 48.1 Å². The summed E-state index contributed by atoms with van der Waals surface area (Å²) in [5.41, 5.74) is 3.04. The molecule has 32 heavy (non-hydrogen) atoms. The maximum atomic E-state index is 13.5. The van der Waals surface area contributed by atoms with E-state index in [2.05, 4.69) is 5.32 Å². The number of carbonyl (C=O) groups is 2. The Bertz CT molecular complexity index is 1080. The van der Waals surface area contributed by atoms with Gasteiger partial charge in [-0.15, -0.1) is 0 Å². The van der Waals surface area contributed by atoms with Gasteiger partial charge in [0.05, 0.1) is 24.4 Å². The third kappa shape index (κ3) is 3.81. The van der Waals surface area contributed by atoms with Gasteiger partial charge in [0.2, 0.25) is 0 Å². The van der Waals surface area contributed by atoms with E-state index in [9.17, 15) is 9.59 Å². The first-order valence-electron chi connectivity index (χ1n) is 10.9. The maximum Gasteiger partial charge on any atom is 0.411 e. The van der Waals surface area contributed by atoms with Crippen LogP contribution in [0.5, 0.6) is 17.2 Å². The molecule has 0 unspecified atom stereocenters. The lowest BCUT2D eigenvalue weighted by molar-refractivity contribution is 0.0709. The zero-order valence-corrected chi connectivity index (χ0v) is 18.3. The standard InChI is InChI=1S/C24H26N2O6/c1-13(2)31-21-7-14(3)6-20-22(21)23(27)26-10-18(8-16(26)12-29-20)32-17-5-4-15-11-30-24(28)25-19(15)9-17/h4-7,9,13,16,18H,8,10-12H2,1-3H3,(H,25,28)/t16-,18+/m1/s1. The van der Waals surface area contributed by atoms with Crippen LogP contribution in [-0.4, -0.2) is 48.3 Å². The molecule has 3 aliphatic heterocycles. The molecule has 0 aliphatic carbocycles. The van der Waals surface area contributed by atoms with Crippen LogP contribution in [0.2, 0.25) is 0 Å². The Morgan fingerprint density at radius 2 is 2.00 bits per heavy atom. The number of fused-ring (bicyclic) bond motifs is 3.